The Morgan fingerprint density at radius 3 is 3.00 bits per heavy atom. The van der Waals surface area contributed by atoms with Crippen molar-refractivity contribution >= 4 is 33.3 Å². The van der Waals surface area contributed by atoms with E-state index in [9.17, 15) is 9.18 Å². The molecule has 0 amide bonds. The number of benzene rings is 1. The number of aromatic amines is 1. The standard InChI is InChI=1S/C19H16FN5OS2/c1-25-16(10-5-2-3-7-12(10)20)23-24-19(25)27-9-14-21-17(26)15-11-6-4-8-13(11)28-18(15)22-14/h2-3,5,7H,4,6,8-9H2,1H3,(H,21,22,26). The molecule has 142 valence electrons. The van der Waals surface area contributed by atoms with Crippen molar-refractivity contribution in [2.75, 3.05) is 0 Å². The SMILES string of the molecule is Cn1c(SCc2nc3sc4c(c3c(=O)[nH]2)CCC4)nnc1-c1ccccc1F. The molecule has 3 heterocycles. The maximum absolute atomic E-state index is 14.0. The third-order valence-corrected chi connectivity index (χ3v) is 7.13. The number of halogens is 1. The van der Waals surface area contributed by atoms with Crippen molar-refractivity contribution in [2.24, 2.45) is 7.05 Å². The predicted octanol–water partition coefficient (Wildman–Crippen LogP) is 3.70. The molecule has 1 N–H and O–H groups in total. The van der Waals surface area contributed by atoms with Crippen LogP contribution in [0.3, 0.4) is 0 Å². The average Bonchev–Trinajstić information content (AvgIpc) is 3.35. The number of thiophene rings is 1. The second kappa shape index (κ2) is 6.82. The van der Waals surface area contributed by atoms with Crippen LogP contribution in [0.25, 0.3) is 21.6 Å². The van der Waals surface area contributed by atoms with Crippen LogP contribution in [-0.2, 0) is 25.6 Å². The number of nitrogens with zero attached hydrogens (tertiary/aromatic N) is 4. The Hall–Kier alpha value is -2.52. The Morgan fingerprint density at radius 1 is 1.29 bits per heavy atom. The maximum Gasteiger partial charge on any atom is 0.259 e. The zero-order valence-corrected chi connectivity index (χ0v) is 16.7. The van der Waals surface area contributed by atoms with Crippen molar-refractivity contribution in [2.45, 2.75) is 30.2 Å². The molecule has 28 heavy (non-hydrogen) atoms. The van der Waals surface area contributed by atoms with Crippen LogP contribution in [0, 0.1) is 5.82 Å². The molecule has 0 radical (unpaired) electrons. The smallest absolute Gasteiger partial charge is 0.259 e. The molecule has 0 unspecified atom stereocenters. The largest absolute Gasteiger partial charge is 0.309 e. The summed E-state index contributed by atoms with van der Waals surface area (Å²) in [5.74, 6) is 1.19. The molecule has 6 nitrogen and oxygen atoms in total. The fourth-order valence-electron chi connectivity index (χ4n) is 3.57. The molecule has 1 aliphatic rings. The van der Waals surface area contributed by atoms with Gasteiger partial charge in [-0.2, -0.15) is 0 Å². The number of aromatic nitrogens is 5. The molecule has 0 spiro atoms. The van der Waals surface area contributed by atoms with E-state index in [4.69, 9.17) is 0 Å². The van der Waals surface area contributed by atoms with Gasteiger partial charge in [0.1, 0.15) is 16.5 Å². The van der Waals surface area contributed by atoms with E-state index in [1.807, 2.05) is 0 Å². The second-order valence-electron chi connectivity index (χ2n) is 6.68. The summed E-state index contributed by atoms with van der Waals surface area (Å²) in [6, 6.07) is 6.49. The van der Waals surface area contributed by atoms with Crippen LogP contribution >= 0.6 is 23.1 Å². The van der Waals surface area contributed by atoms with Crippen LogP contribution in [0.4, 0.5) is 4.39 Å². The molecule has 1 aromatic carbocycles. The number of rotatable bonds is 4. The summed E-state index contributed by atoms with van der Waals surface area (Å²) in [4.78, 5) is 22.2. The van der Waals surface area contributed by atoms with Gasteiger partial charge in [-0.25, -0.2) is 9.37 Å². The Balaban J connectivity index is 1.41. The van der Waals surface area contributed by atoms with Crippen LogP contribution in [0.15, 0.2) is 34.2 Å². The number of nitrogens with one attached hydrogen (secondary N) is 1. The fraction of sp³-hybridized carbons (Fsp3) is 0.263. The normalized spacial score (nSPS) is 13.4. The minimum atomic E-state index is -0.336. The summed E-state index contributed by atoms with van der Waals surface area (Å²) in [5.41, 5.74) is 1.52. The molecule has 0 bridgehead atoms. The van der Waals surface area contributed by atoms with Crippen molar-refractivity contribution in [3.05, 3.63) is 56.7 Å². The van der Waals surface area contributed by atoms with Gasteiger partial charge >= 0.3 is 0 Å². The van der Waals surface area contributed by atoms with Crippen molar-refractivity contribution in [1.82, 2.24) is 24.7 Å². The van der Waals surface area contributed by atoms with Gasteiger partial charge in [0.05, 0.1) is 16.7 Å². The lowest BCUT2D eigenvalue weighted by molar-refractivity contribution is 0.628. The van der Waals surface area contributed by atoms with Crippen LogP contribution in [0.2, 0.25) is 0 Å². The van der Waals surface area contributed by atoms with Crippen molar-refractivity contribution < 1.29 is 4.39 Å². The monoisotopic (exact) mass is 413 g/mol. The Morgan fingerprint density at radius 2 is 2.14 bits per heavy atom. The highest BCUT2D eigenvalue weighted by atomic mass is 32.2. The van der Waals surface area contributed by atoms with Crippen molar-refractivity contribution in [3.63, 3.8) is 0 Å². The van der Waals surface area contributed by atoms with Crippen LogP contribution in [0.5, 0.6) is 0 Å². The summed E-state index contributed by atoms with van der Waals surface area (Å²) in [7, 11) is 1.80. The third-order valence-electron chi connectivity index (χ3n) is 4.91. The van der Waals surface area contributed by atoms with Gasteiger partial charge in [-0.05, 0) is 37.0 Å². The van der Waals surface area contributed by atoms with E-state index in [2.05, 4.69) is 20.2 Å². The zero-order chi connectivity index (χ0) is 19.3. The first-order valence-corrected chi connectivity index (χ1v) is 10.7. The Kier molecular flexibility index (Phi) is 4.28. The van der Waals surface area contributed by atoms with Crippen LogP contribution in [0.1, 0.15) is 22.7 Å². The highest BCUT2D eigenvalue weighted by Gasteiger charge is 2.21. The van der Waals surface area contributed by atoms with Gasteiger partial charge in [-0.15, -0.1) is 21.5 Å². The first-order chi connectivity index (χ1) is 13.6. The van der Waals surface area contributed by atoms with Crippen molar-refractivity contribution in [3.8, 4) is 11.4 Å². The lowest BCUT2D eigenvalue weighted by Crippen LogP contribution is -2.11. The number of hydrogen-bond acceptors (Lipinski definition) is 6. The van der Waals surface area contributed by atoms with Gasteiger partial charge in [-0.3, -0.25) is 4.79 Å². The molecule has 9 heteroatoms. The van der Waals surface area contributed by atoms with Gasteiger partial charge < -0.3 is 9.55 Å². The van der Waals surface area contributed by atoms with Crippen LogP contribution in [-0.4, -0.2) is 24.7 Å². The topological polar surface area (TPSA) is 76.5 Å². The molecule has 4 aromatic rings. The van der Waals surface area contributed by atoms with Gasteiger partial charge in [-0.1, -0.05) is 23.9 Å². The first-order valence-electron chi connectivity index (χ1n) is 8.92. The van der Waals surface area contributed by atoms with E-state index in [1.165, 1.54) is 28.3 Å². The second-order valence-corrected chi connectivity index (χ2v) is 8.71. The number of aryl methyl sites for hydroxylation is 2. The minimum absolute atomic E-state index is 0.0648. The highest BCUT2D eigenvalue weighted by molar-refractivity contribution is 7.98. The van der Waals surface area contributed by atoms with E-state index in [0.717, 1.165) is 29.5 Å². The van der Waals surface area contributed by atoms with Gasteiger partial charge in [0.15, 0.2) is 11.0 Å². The number of H-pyrrole nitrogens is 1. The summed E-state index contributed by atoms with van der Waals surface area (Å²) in [6.07, 6.45) is 3.12. The molecule has 0 atom stereocenters. The summed E-state index contributed by atoms with van der Waals surface area (Å²) in [6.45, 7) is 0. The summed E-state index contributed by atoms with van der Waals surface area (Å²) in [5, 5.41) is 9.68. The van der Waals surface area contributed by atoms with Crippen LogP contribution < -0.4 is 5.56 Å². The van der Waals surface area contributed by atoms with Gasteiger partial charge in [0.25, 0.3) is 5.56 Å². The number of fused-ring (bicyclic) bond motifs is 3. The Labute approximate surface area is 167 Å². The summed E-state index contributed by atoms with van der Waals surface area (Å²) >= 11 is 3.04. The average molecular weight is 414 g/mol. The molecule has 0 aliphatic heterocycles. The van der Waals surface area contributed by atoms with E-state index in [0.29, 0.717) is 28.1 Å². The quantitative estimate of drug-likeness (QED) is 0.516. The molecule has 3 aromatic heterocycles. The highest BCUT2D eigenvalue weighted by Crippen LogP contribution is 2.35. The van der Waals surface area contributed by atoms with E-state index < -0.39 is 0 Å². The molecule has 0 saturated heterocycles. The molecular weight excluding hydrogens is 397 g/mol. The molecule has 0 saturated carbocycles. The molecular formula is C19H16FN5OS2. The molecule has 0 fully saturated rings. The predicted molar refractivity (Wildman–Crippen MR) is 108 cm³/mol. The van der Waals surface area contributed by atoms with Gasteiger partial charge in [0.2, 0.25) is 0 Å². The fourth-order valence-corrected chi connectivity index (χ4v) is 5.63. The third kappa shape index (κ3) is 2.85. The lowest BCUT2D eigenvalue weighted by atomic mass is 10.2. The molecule has 5 rings (SSSR count). The van der Waals surface area contributed by atoms with Gasteiger partial charge in [0, 0.05) is 11.9 Å². The maximum atomic E-state index is 14.0. The number of hydrogen-bond donors (Lipinski definition) is 1. The minimum Gasteiger partial charge on any atom is -0.309 e. The van der Waals surface area contributed by atoms with E-state index in [-0.39, 0.29) is 11.4 Å². The zero-order valence-electron chi connectivity index (χ0n) is 15.0. The lowest BCUT2D eigenvalue weighted by Gasteiger charge is -2.05. The first kappa shape index (κ1) is 17.6. The summed E-state index contributed by atoms with van der Waals surface area (Å²) < 4.78 is 15.8. The van der Waals surface area contributed by atoms with E-state index >= 15 is 0 Å². The number of thioether (sulfide) groups is 1. The van der Waals surface area contributed by atoms with Crippen molar-refractivity contribution in [1.29, 1.82) is 0 Å². The Bertz CT molecular complexity index is 1260. The van der Waals surface area contributed by atoms with E-state index in [1.54, 1.807) is 41.2 Å². The molecule has 1 aliphatic carbocycles.